The summed E-state index contributed by atoms with van der Waals surface area (Å²) in [5, 5.41) is -0.0526. The summed E-state index contributed by atoms with van der Waals surface area (Å²) >= 11 is 0. The molecule has 0 N–H and O–H groups in total. The second-order valence-electron chi connectivity index (χ2n) is 6.15. The maximum absolute atomic E-state index is 12.2. The monoisotopic (exact) mass is 273 g/mol. The molecule has 0 amide bonds. The van der Waals surface area contributed by atoms with Crippen molar-refractivity contribution in [2.45, 2.75) is 63.7 Å². The zero-order valence-electron chi connectivity index (χ0n) is 11.8. The molecule has 1 aliphatic heterocycles. The van der Waals surface area contributed by atoms with Crippen LogP contribution in [0.3, 0.4) is 0 Å². The Labute approximate surface area is 112 Å². The summed E-state index contributed by atoms with van der Waals surface area (Å²) in [6, 6.07) is 0.613. The third kappa shape index (κ3) is 3.70. The first-order valence-corrected chi connectivity index (χ1v) is 9.20. The van der Waals surface area contributed by atoms with Crippen LogP contribution in [0.25, 0.3) is 0 Å². The minimum Gasteiger partial charge on any atom is -0.301 e. The van der Waals surface area contributed by atoms with Crippen molar-refractivity contribution >= 4 is 9.84 Å². The second-order valence-corrected chi connectivity index (χ2v) is 8.47. The Balaban J connectivity index is 1.82. The molecular formula is C14H27NO2S. The summed E-state index contributed by atoms with van der Waals surface area (Å²) in [7, 11) is -2.81. The van der Waals surface area contributed by atoms with Gasteiger partial charge in [-0.3, -0.25) is 0 Å². The Morgan fingerprint density at radius 1 is 1.17 bits per heavy atom. The van der Waals surface area contributed by atoms with Crippen LogP contribution in [0.1, 0.15) is 52.4 Å². The summed E-state index contributed by atoms with van der Waals surface area (Å²) in [6.07, 6.45) is 6.39. The highest BCUT2D eigenvalue weighted by atomic mass is 32.2. The van der Waals surface area contributed by atoms with Crippen LogP contribution in [-0.2, 0) is 9.84 Å². The largest absolute Gasteiger partial charge is 0.301 e. The van der Waals surface area contributed by atoms with Gasteiger partial charge in [-0.25, -0.2) is 8.42 Å². The van der Waals surface area contributed by atoms with Crippen molar-refractivity contribution in [3.8, 4) is 0 Å². The van der Waals surface area contributed by atoms with Gasteiger partial charge in [0.05, 0.1) is 11.0 Å². The van der Waals surface area contributed by atoms with Gasteiger partial charge in [0.1, 0.15) is 0 Å². The Bertz CT molecular complexity index is 354. The molecular weight excluding hydrogens is 246 g/mol. The molecule has 18 heavy (non-hydrogen) atoms. The van der Waals surface area contributed by atoms with Crippen molar-refractivity contribution in [3.63, 3.8) is 0 Å². The van der Waals surface area contributed by atoms with E-state index in [0.29, 0.717) is 17.7 Å². The molecule has 0 bridgehead atoms. The molecule has 1 aliphatic carbocycles. The molecule has 0 aromatic heterocycles. The van der Waals surface area contributed by atoms with Gasteiger partial charge in [-0.2, -0.15) is 0 Å². The van der Waals surface area contributed by atoms with Crippen LogP contribution >= 0.6 is 0 Å². The van der Waals surface area contributed by atoms with Gasteiger partial charge in [-0.15, -0.1) is 0 Å². The van der Waals surface area contributed by atoms with Crippen molar-refractivity contribution in [3.05, 3.63) is 0 Å². The second kappa shape index (κ2) is 5.91. The third-order valence-electron chi connectivity index (χ3n) is 4.48. The molecule has 0 radical (unpaired) electrons. The first-order chi connectivity index (χ1) is 8.53. The molecule has 1 heterocycles. The summed E-state index contributed by atoms with van der Waals surface area (Å²) in [5.74, 6) is 0.953. The summed E-state index contributed by atoms with van der Waals surface area (Å²) in [6.45, 7) is 6.41. The zero-order valence-corrected chi connectivity index (χ0v) is 12.6. The van der Waals surface area contributed by atoms with Crippen molar-refractivity contribution in [2.24, 2.45) is 5.92 Å². The lowest BCUT2D eigenvalue weighted by Gasteiger charge is -2.35. The van der Waals surface area contributed by atoms with Gasteiger partial charge < -0.3 is 4.90 Å². The van der Waals surface area contributed by atoms with E-state index in [9.17, 15) is 8.42 Å². The van der Waals surface area contributed by atoms with Crippen LogP contribution in [0.2, 0.25) is 0 Å². The number of nitrogens with zero attached hydrogens (tertiary/aromatic N) is 1. The van der Waals surface area contributed by atoms with Gasteiger partial charge in [-0.1, -0.05) is 13.3 Å². The highest BCUT2D eigenvalue weighted by molar-refractivity contribution is 7.92. The molecule has 1 saturated heterocycles. The molecule has 1 unspecified atom stereocenters. The fraction of sp³-hybridized carbons (Fsp3) is 1.00. The van der Waals surface area contributed by atoms with Crippen molar-refractivity contribution in [2.75, 3.05) is 18.8 Å². The molecule has 2 fully saturated rings. The van der Waals surface area contributed by atoms with Crippen molar-refractivity contribution < 1.29 is 8.42 Å². The van der Waals surface area contributed by atoms with E-state index in [1.54, 1.807) is 0 Å². The van der Waals surface area contributed by atoms with Gasteiger partial charge in [-0.05, 0) is 58.0 Å². The average molecular weight is 273 g/mol. The summed E-state index contributed by atoms with van der Waals surface area (Å²) in [5.41, 5.74) is 0. The number of likely N-dealkylation sites (tertiary alicyclic amines) is 1. The molecule has 0 aromatic carbocycles. The predicted octanol–water partition coefficient (Wildman–Crippen LogP) is 2.46. The number of hydrogen-bond donors (Lipinski definition) is 0. The van der Waals surface area contributed by atoms with E-state index in [1.165, 1.54) is 12.8 Å². The smallest absolute Gasteiger partial charge is 0.153 e. The lowest BCUT2D eigenvalue weighted by Crippen LogP contribution is -2.44. The van der Waals surface area contributed by atoms with E-state index >= 15 is 0 Å². The van der Waals surface area contributed by atoms with Gasteiger partial charge >= 0.3 is 0 Å². The Hall–Kier alpha value is -0.0900. The fourth-order valence-corrected chi connectivity index (χ4v) is 5.22. The van der Waals surface area contributed by atoms with Gasteiger partial charge in [0.25, 0.3) is 0 Å². The molecule has 3 nitrogen and oxygen atoms in total. The molecule has 1 atom stereocenters. The van der Waals surface area contributed by atoms with Crippen LogP contribution in [0.4, 0.5) is 0 Å². The number of piperidine rings is 1. The molecule has 0 aromatic rings. The fourth-order valence-electron chi connectivity index (χ4n) is 3.03. The van der Waals surface area contributed by atoms with Crippen LogP contribution in [-0.4, -0.2) is 43.5 Å². The van der Waals surface area contributed by atoms with Gasteiger partial charge in [0.2, 0.25) is 0 Å². The van der Waals surface area contributed by atoms with E-state index < -0.39 is 9.84 Å². The average Bonchev–Trinajstić information content (AvgIpc) is 3.13. The number of hydrogen-bond acceptors (Lipinski definition) is 3. The van der Waals surface area contributed by atoms with Gasteiger partial charge in [0, 0.05) is 6.04 Å². The number of rotatable bonds is 6. The highest BCUT2D eigenvalue weighted by Gasteiger charge is 2.35. The quantitative estimate of drug-likeness (QED) is 0.746. The molecule has 106 valence electrons. The number of sulfone groups is 1. The summed E-state index contributed by atoms with van der Waals surface area (Å²) in [4.78, 5) is 2.46. The maximum atomic E-state index is 12.2. The minimum absolute atomic E-state index is 0.0526. The van der Waals surface area contributed by atoms with Crippen LogP contribution in [0.5, 0.6) is 0 Å². The van der Waals surface area contributed by atoms with E-state index in [2.05, 4.69) is 18.7 Å². The molecule has 1 saturated carbocycles. The Morgan fingerprint density at radius 2 is 1.78 bits per heavy atom. The normalized spacial score (nSPS) is 25.2. The zero-order chi connectivity index (χ0) is 13.2. The predicted molar refractivity (Wildman–Crippen MR) is 75.5 cm³/mol. The van der Waals surface area contributed by atoms with Crippen LogP contribution < -0.4 is 0 Å². The van der Waals surface area contributed by atoms with Crippen molar-refractivity contribution in [1.82, 2.24) is 4.90 Å². The topological polar surface area (TPSA) is 37.4 Å². The maximum Gasteiger partial charge on any atom is 0.153 e. The van der Waals surface area contributed by atoms with E-state index in [0.717, 1.165) is 38.8 Å². The Morgan fingerprint density at radius 3 is 2.28 bits per heavy atom. The van der Waals surface area contributed by atoms with Crippen LogP contribution in [0.15, 0.2) is 0 Å². The summed E-state index contributed by atoms with van der Waals surface area (Å²) < 4.78 is 24.4. The first-order valence-electron chi connectivity index (χ1n) is 7.48. The first kappa shape index (κ1) is 14.3. The molecule has 4 heteroatoms. The SMILES string of the molecule is CCCC(C)N1CCC(S(=O)(=O)CC2CC2)CC1. The van der Waals surface area contributed by atoms with Crippen LogP contribution in [0, 0.1) is 5.92 Å². The molecule has 2 rings (SSSR count). The third-order valence-corrected chi connectivity index (χ3v) is 6.90. The lowest BCUT2D eigenvalue weighted by molar-refractivity contribution is 0.167. The molecule has 0 spiro atoms. The van der Waals surface area contributed by atoms with Crippen molar-refractivity contribution in [1.29, 1.82) is 0 Å². The highest BCUT2D eigenvalue weighted by Crippen LogP contribution is 2.33. The van der Waals surface area contributed by atoms with E-state index in [1.807, 2.05) is 0 Å². The Kier molecular flexibility index (Phi) is 4.70. The standard InChI is InChI=1S/C14H27NO2S/c1-3-4-12(2)15-9-7-14(8-10-15)18(16,17)11-13-5-6-13/h12-14H,3-11H2,1-2H3. The van der Waals surface area contributed by atoms with E-state index in [-0.39, 0.29) is 5.25 Å². The minimum atomic E-state index is -2.81. The van der Waals surface area contributed by atoms with Gasteiger partial charge in [0.15, 0.2) is 9.84 Å². The molecule has 2 aliphatic rings. The van der Waals surface area contributed by atoms with E-state index in [4.69, 9.17) is 0 Å². The lowest BCUT2D eigenvalue weighted by atomic mass is 10.1.